The summed E-state index contributed by atoms with van der Waals surface area (Å²) in [5, 5.41) is 11.7. The normalized spacial score (nSPS) is 53.1. The molecule has 4 aliphatic rings. The number of rotatable bonds is 2. The monoisotopic (exact) mass is 336 g/mol. The van der Waals surface area contributed by atoms with E-state index in [1.807, 2.05) is 0 Å². The van der Waals surface area contributed by atoms with Crippen molar-refractivity contribution in [1.82, 2.24) is 0 Å². The number of aliphatic hydroxyl groups is 1. The van der Waals surface area contributed by atoms with E-state index in [4.69, 9.17) is 9.47 Å². The first-order chi connectivity index (χ1) is 11.3. The van der Waals surface area contributed by atoms with Crippen LogP contribution in [0.3, 0.4) is 0 Å². The lowest BCUT2D eigenvalue weighted by atomic mass is 9.44. The van der Waals surface area contributed by atoms with Gasteiger partial charge >= 0.3 is 0 Å². The van der Waals surface area contributed by atoms with E-state index < -0.39 is 5.60 Å². The van der Waals surface area contributed by atoms with Gasteiger partial charge in [0.15, 0.2) is 5.79 Å². The van der Waals surface area contributed by atoms with Crippen LogP contribution in [0.1, 0.15) is 78.1 Å². The van der Waals surface area contributed by atoms with E-state index in [1.165, 1.54) is 44.9 Å². The second kappa shape index (κ2) is 5.44. The van der Waals surface area contributed by atoms with Gasteiger partial charge in [0, 0.05) is 27.1 Å². The van der Waals surface area contributed by atoms with Crippen molar-refractivity contribution in [1.29, 1.82) is 0 Å². The molecular formula is C21H36O3. The molecule has 0 unspecified atom stereocenters. The van der Waals surface area contributed by atoms with Crippen molar-refractivity contribution < 1.29 is 14.6 Å². The smallest absolute Gasteiger partial charge is 0.167 e. The second-order valence-electron chi connectivity index (χ2n) is 9.89. The van der Waals surface area contributed by atoms with Crippen molar-refractivity contribution in [2.75, 3.05) is 14.2 Å². The van der Waals surface area contributed by atoms with Gasteiger partial charge in [-0.2, -0.15) is 0 Å². The summed E-state index contributed by atoms with van der Waals surface area (Å²) in [7, 11) is 3.59. The summed E-state index contributed by atoms with van der Waals surface area (Å²) >= 11 is 0. The quantitative estimate of drug-likeness (QED) is 0.753. The van der Waals surface area contributed by atoms with E-state index >= 15 is 0 Å². The summed E-state index contributed by atoms with van der Waals surface area (Å²) in [6, 6.07) is 0. The molecule has 3 nitrogen and oxygen atoms in total. The molecule has 4 fully saturated rings. The van der Waals surface area contributed by atoms with Crippen LogP contribution in [0.15, 0.2) is 0 Å². The van der Waals surface area contributed by atoms with E-state index in [2.05, 4.69) is 13.8 Å². The van der Waals surface area contributed by atoms with Gasteiger partial charge in [-0.3, -0.25) is 0 Å². The first kappa shape index (κ1) is 17.3. The molecule has 0 radical (unpaired) electrons. The summed E-state index contributed by atoms with van der Waals surface area (Å²) in [6.07, 6.45) is 11.6. The van der Waals surface area contributed by atoms with E-state index in [1.54, 1.807) is 14.2 Å². The van der Waals surface area contributed by atoms with Gasteiger partial charge in [0.05, 0.1) is 5.60 Å². The van der Waals surface area contributed by atoms with E-state index in [0.29, 0.717) is 23.2 Å². The number of ether oxygens (including phenoxy) is 2. The summed E-state index contributed by atoms with van der Waals surface area (Å²) in [5.74, 6) is 1.49. The van der Waals surface area contributed by atoms with E-state index in [0.717, 1.165) is 19.3 Å². The SMILES string of the molecule is COC1(OC)CC[C@@]2(C)[C@@H](CC[C@@H]3[C@H]2CC[C@]2(C)CCC[C@@]32O)C1. The van der Waals surface area contributed by atoms with Gasteiger partial charge in [0.2, 0.25) is 0 Å². The third-order valence-corrected chi connectivity index (χ3v) is 9.39. The Hall–Kier alpha value is -0.120. The Morgan fingerprint density at radius 3 is 2.29 bits per heavy atom. The molecular weight excluding hydrogens is 300 g/mol. The summed E-state index contributed by atoms with van der Waals surface area (Å²) in [4.78, 5) is 0. The molecule has 3 heteroatoms. The molecule has 24 heavy (non-hydrogen) atoms. The highest BCUT2D eigenvalue weighted by Crippen LogP contribution is 2.68. The Labute approximate surface area is 147 Å². The Morgan fingerprint density at radius 1 is 0.833 bits per heavy atom. The van der Waals surface area contributed by atoms with Crippen molar-refractivity contribution in [3.05, 3.63) is 0 Å². The average Bonchev–Trinajstić information content (AvgIpc) is 2.90. The lowest BCUT2D eigenvalue weighted by molar-refractivity contribution is -0.270. The zero-order valence-electron chi connectivity index (χ0n) is 16.1. The van der Waals surface area contributed by atoms with Crippen LogP contribution in [0.5, 0.6) is 0 Å². The van der Waals surface area contributed by atoms with Crippen LogP contribution in [0, 0.1) is 28.6 Å². The van der Waals surface area contributed by atoms with Crippen LogP contribution in [0.25, 0.3) is 0 Å². The van der Waals surface area contributed by atoms with Crippen LogP contribution >= 0.6 is 0 Å². The highest BCUT2D eigenvalue weighted by Gasteiger charge is 2.65. The zero-order chi connectivity index (χ0) is 17.2. The van der Waals surface area contributed by atoms with Crippen LogP contribution in [0.4, 0.5) is 0 Å². The molecule has 4 rings (SSSR count). The Balaban J connectivity index is 1.63. The fourth-order valence-corrected chi connectivity index (χ4v) is 7.61. The molecule has 0 bridgehead atoms. The summed E-state index contributed by atoms with van der Waals surface area (Å²) < 4.78 is 11.6. The predicted octanol–water partition coefficient (Wildman–Crippen LogP) is 4.52. The molecule has 0 aliphatic heterocycles. The number of methoxy groups -OCH3 is 2. The maximum absolute atomic E-state index is 11.7. The lowest BCUT2D eigenvalue weighted by Gasteiger charge is -2.64. The minimum atomic E-state index is -0.402. The second-order valence-corrected chi connectivity index (χ2v) is 9.89. The molecule has 0 saturated heterocycles. The van der Waals surface area contributed by atoms with Gasteiger partial charge in [0.1, 0.15) is 0 Å². The van der Waals surface area contributed by atoms with Crippen molar-refractivity contribution >= 4 is 0 Å². The van der Waals surface area contributed by atoms with Gasteiger partial charge < -0.3 is 14.6 Å². The lowest BCUT2D eigenvalue weighted by Crippen LogP contribution is -2.62. The highest BCUT2D eigenvalue weighted by molar-refractivity contribution is 5.15. The Kier molecular flexibility index (Phi) is 3.92. The zero-order valence-corrected chi connectivity index (χ0v) is 16.1. The largest absolute Gasteiger partial charge is 0.389 e. The number of fused-ring (bicyclic) bond motifs is 5. The molecule has 0 amide bonds. The molecule has 0 spiro atoms. The Bertz CT molecular complexity index is 501. The molecule has 0 heterocycles. The maximum Gasteiger partial charge on any atom is 0.167 e. The fraction of sp³-hybridized carbons (Fsp3) is 1.00. The Morgan fingerprint density at radius 2 is 1.58 bits per heavy atom. The first-order valence-electron chi connectivity index (χ1n) is 10.2. The highest BCUT2D eigenvalue weighted by atomic mass is 16.7. The van der Waals surface area contributed by atoms with Crippen molar-refractivity contribution in [3.8, 4) is 0 Å². The minimum absolute atomic E-state index is 0.175. The van der Waals surface area contributed by atoms with Gasteiger partial charge in [0.25, 0.3) is 0 Å². The number of hydrogen-bond donors (Lipinski definition) is 1. The topological polar surface area (TPSA) is 38.7 Å². The van der Waals surface area contributed by atoms with Crippen LogP contribution in [0.2, 0.25) is 0 Å². The fourth-order valence-electron chi connectivity index (χ4n) is 7.61. The minimum Gasteiger partial charge on any atom is -0.389 e. The molecule has 4 saturated carbocycles. The van der Waals surface area contributed by atoms with Gasteiger partial charge in [-0.15, -0.1) is 0 Å². The summed E-state index contributed by atoms with van der Waals surface area (Å²) in [5.41, 5.74) is 0.124. The third-order valence-electron chi connectivity index (χ3n) is 9.39. The van der Waals surface area contributed by atoms with Gasteiger partial charge in [-0.25, -0.2) is 0 Å². The van der Waals surface area contributed by atoms with Crippen LogP contribution in [-0.4, -0.2) is 30.7 Å². The third kappa shape index (κ3) is 2.07. The molecule has 6 atom stereocenters. The van der Waals surface area contributed by atoms with Gasteiger partial charge in [-0.1, -0.05) is 13.8 Å². The molecule has 4 aliphatic carbocycles. The van der Waals surface area contributed by atoms with Crippen molar-refractivity contribution in [2.45, 2.75) is 89.4 Å². The van der Waals surface area contributed by atoms with Crippen LogP contribution < -0.4 is 0 Å². The van der Waals surface area contributed by atoms with E-state index in [9.17, 15) is 5.11 Å². The molecule has 1 N–H and O–H groups in total. The molecule has 0 aromatic carbocycles. The molecule has 138 valence electrons. The van der Waals surface area contributed by atoms with Crippen LogP contribution in [-0.2, 0) is 9.47 Å². The maximum atomic E-state index is 11.7. The standard InChI is InChI=1S/C21H36O3/c1-18-9-5-10-21(18,22)17-7-6-15-14-20(23-3,24-4)13-12-19(15,2)16(17)8-11-18/h15-17,22H,5-14H2,1-4H3/t15-,16+,17+,18-,19-,21+/m0/s1. The van der Waals surface area contributed by atoms with E-state index in [-0.39, 0.29) is 11.2 Å². The number of hydrogen-bond acceptors (Lipinski definition) is 3. The molecule has 0 aromatic heterocycles. The summed E-state index contributed by atoms with van der Waals surface area (Å²) in [6.45, 7) is 4.89. The molecule has 0 aromatic rings. The van der Waals surface area contributed by atoms with Crippen molar-refractivity contribution in [3.63, 3.8) is 0 Å². The predicted molar refractivity (Wildman–Crippen MR) is 94.6 cm³/mol. The first-order valence-corrected chi connectivity index (χ1v) is 10.2. The average molecular weight is 337 g/mol. The van der Waals surface area contributed by atoms with Gasteiger partial charge in [-0.05, 0) is 80.0 Å². The van der Waals surface area contributed by atoms with Crippen molar-refractivity contribution in [2.24, 2.45) is 28.6 Å².